The summed E-state index contributed by atoms with van der Waals surface area (Å²) in [5.74, 6) is 0. The third kappa shape index (κ3) is 8.22. The normalized spacial score (nSPS) is 11.7. The van der Waals surface area contributed by atoms with Crippen molar-refractivity contribution in [2.75, 3.05) is 9.80 Å². The molecule has 0 saturated carbocycles. The molecule has 15 aromatic carbocycles. The molecule has 0 unspecified atom stereocenters. The Kier molecular flexibility index (Phi) is 11.5. The van der Waals surface area contributed by atoms with E-state index in [1.54, 1.807) is 0 Å². The van der Waals surface area contributed by atoms with Gasteiger partial charge in [-0.15, -0.1) is 0 Å². The molecular weight excluding hydrogens is 1040 g/mol. The van der Waals surface area contributed by atoms with Crippen molar-refractivity contribution < 1.29 is 8.83 Å². The lowest BCUT2D eigenvalue weighted by molar-refractivity contribution is 0.672. The SMILES string of the molecule is c1ccc(N(c2cccc(-c3cccc4ccccc34)c2)c2cccc(-c3cccc4oc5c6cc(-c7cccc(N(c8cccc(-c9cccc%10oc%11c%12ccccc%12ccc%11c9%10)c8)c8cccc9ccccc89)c7)ccc6ccc5c34)c2)cc1. The van der Waals surface area contributed by atoms with Gasteiger partial charge in [0, 0.05) is 66.1 Å². The smallest absolute Gasteiger partial charge is 0.143 e. The molecule has 0 aliphatic heterocycles. The summed E-state index contributed by atoms with van der Waals surface area (Å²) in [4.78, 5) is 4.77. The highest BCUT2D eigenvalue weighted by Crippen LogP contribution is 2.47. The van der Waals surface area contributed by atoms with E-state index in [1.165, 1.54) is 32.7 Å². The Morgan fingerprint density at radius 2 is 0.605 bits per heavy atom. The first-order valence-corrected chi connectivity index (χ1v) is 29.4. The first kappa shape index (κ1) is 49.2. The highest BCUT2D eigenvalue weighted by atomic mass is 16.3. The molecule has 0 amide bonds. The van der Waals surface area contributed by atoms with Crippen molar-refractivity contribution in [2.24, 2.45) is 0 Å². The maximum atomic E-state index is 7.03. The van der Waals surface area contributed by atoms with E-state index >= 15 is 0 Å². The first-order chi connectivity index (χ1) is 42.6. The fourth-order valence-corrected chi connectivity index (χ4v) is 13.4. The fourth-order valence-electron chi connectivity index (χ4n) is 13.4. The summed E-state index contributed by atoms with van der Waals surface area (Å²) >= 11 is 0. The van der Waals surface area contributed by atoms with Crippen LogP contribution in [-0.2, 0) is 0 Å². The van der Waals surface area contributed by atoms with Crippen LogP contribution in [0.2, 0.25) is 0 Å². The Labute approximate surface area is 496 Å². The van der Waals surface area contributed by atoms with Gasteiger partial charge in [0.25, 0.3) is 0 Å². The lowest BCUT2D eigenvalue weighted by atomic mass is 9.96. The van der Waals surface area contributed by atoms with Gasteiger partial charge in [-0.05, 0) is 169 Å². The molecule has 402 valence electrons. The van der Waals surface area contributed by atoms with Crippen molar-refractivity contribution in [3.63, 3.8) is 0 Å². The van der Waals surface area contributed by atoms with Crippen molar-refractivity contribution in [3.05, 3.63) is 315 Å². The van der Waals surface area contributed by atoms with Crippen LogP contribution in [0.5, 0.6) is 0 Å². The summed E-state index contributed by atoms with van der Waals surface area (Å²) in [5.41, 5.74) is 19.0. The molecule has 0 aliphatic carbocycles. The molecule has 2 heterocycles. The van der Waals surface area contributed by atoms with E-state index in [0.717, 1.165) is 133 Å². The summed E-state index contributed by atoms with van der Waals surface area (Å²) in [5, 5.41) is 13.7. The quantitative estimate of drug-likeness (QED) is 0.137. The summed E-state index contributed by atoms with van der Waals surface area (Å²) in [6.45, 7) is 0. The zero-order valence-corrected chi connectivity index (χ0v) is 46.7. The van der Waals surface area contributed by atoms with Crippen LogP contribution in [0.3, 0.4) is 0 Å². The van der Waals surface area contributed by atoms with Gasteiger partial charge >= 0.3 is 0 Å². The molecule has 2 aromatic heterocycles. The van der Waals surface area contributed by atoms with Crippen LogP contribution < -0.4 is 9.80 Å². The summed E-state index contributed by atoms with van der Waals surface area (Å²) in [6.07, 6.45) is 0. The predicted molar refractivity (Wildman–Crippen MR) is 362 cm³/mol. The van der Waals surface area contributed by atoms with Gasteiger partial charge in [-0.1, -0.05) is 218 Å². The van der Waals surface area contributed by atoms with Gasteiger partial charge in [0.1, 0.15) is 22.3 Å². The van der Waals surface area contributed by atoms with E-state index in [1.807, 2.05) is 0 Å². The molecule has 0 saturated heterocycles. The summed E-state index contributed by atoms with van der Waals surface area (Å²) < 4.78 is 13.7. The predicted octanol–water partition coefficient (Wildman–Crippen LogP) is 23.7. The van der Waals surface area contributed by atoms with Gasteiger partial charge in [-0.3, -0.25) is 0 Å². The van der Waals surface area contributed by atoms with Crippen molar-refractivity contribution in [3.8, 4) is 44.5 Å². The molecule has 0 atom stereocenters. The zero-order chi connectivity index (χ0) is 56.7. The fraction of sp³-hybridized carbons (Fsp3) is 0. The molecule has 17 aromatic rings. The van der Waals surface area contributed by atoms with Crippen molar-refractivity contribution in [1.29, 1.82) is 0 Å². The minimum absolute atomic E-state index is 0.851. The Bertz CT molecular complexity index is 5510. The topological polar surface area (TPSA) is 32.8 Å². The van der Waals surface area contributed by atoms with Crippen LogP contribution in [0, 0.1) is 0 Å². The van der Waals surface area contributed by atoms with Crippen LogP contribution in [0.1, 0.15) is 0 Å². The van der Waals surface area contributed by atoms with E-state index in [-0.39, 0.29) is 0 Å². The minimum Gasteiger partial charge on any atom is -0.455 e. The van der Waals surface area contributed by atoms with E-state index in [2.05, 4.69) is 325 Å². The molecule has 0 fully saturated rings. The van der Waals surface area contributed by atoms with Gasteiger partial charge in [-0.2, -0.15) is 0 Å². The standard InChI is InChI=1S/C82H52N2O2/c1-2-27-62(28-3-1)83(63-29-11-24-59(49-63)68-36-14-21-53-18-4-7-33-67(53)68)64-30-12-25-60(50-64)70-37-17-41-78-80(70)74-47-45-56-42-43-58(52-75(56)82(74)86-78)57-23-10-31-65(48-57)84(76-39-15-22-54-19-5-8-34-69(54)76)66-32-13-26-61(51-66)71-38-16-40-77-79(71)73-46-44-55-20-6-9-35-72(55)81(73)85-77/h1-52H. The minimum atomic E-state index is 0.851. The van der Waals surface area contributed by atoms with E-state index in [4.69, 9.17) is 8.83 Å². The largest absolute Gasteiger partial charge is 0.455 e. The number of furan rings is 2. The molecule has 86 heavy (non-hydrogen) atoms. The molecule has 0 spiro atoms. The van der Waals surface area contributed by atoms with E-state index < -0.39 is 0 Å². The average Bonchev–Trinajstić information content (AvgIpc) is 2.87. The summed E-state index contributed by atoms with van der Waals surface area (Å²) in [6, 6.07) is 114. The summed E-state index contributed by atoms with van der Waals surface area (Å²) in [7, 11) is 0. The van der Waals surface area contributed by atoms with Crippen LogP contribution in [-0.4, -0.2) is 0 Å². The second-order valence-corrected chi connectivity index (χ2v) is 22.3. The van der Waals surface area contributed by atoms with Gasteiger partial charge in [-0.25, -0.2) is 0 Å². The molecule has 0 bridgehead atoms. The molecule has 0 aliphatic rings. The third-order valence-electron chi connectivity index (χ3n) is 17.4. The number of fused-ring (bicyclic) bond motifs is 12. The molecule has 4 nitrogen and oxygen atoms in total. The van der Waals surface area contributed by atoms with Gasteiger partial charge in [0.15, 0.2) is 0 Å². The van der Waals surface area contributed by atoms with Crippen LogP contribution in [0.15, 0.2) is 324 Å². The average molecular weight is 1100 g/mol. The number of para-hydroxylation sites is 1. The second kappa shape index (κ2) is 20.2. The van der Waals surface area contributed by atoms with Gasteiger partial charge in [0.05, 0.1) is 5.69 Å². The Morgan fingerprint density at radius 1 is 0.209 bits per heavy atom. The molecule has 0 N–H and O–H groups in total. The van der Waals surface area contributed by atoms with Gasteiger partial charge in [0.2, 0.25) is 0 Å². The number of hydrogen-bond acceptors (Lipinski definition) is 4. The molecule has 0 radical (unpaired) electrons. The number of hydrogen-bond donors (Lipinski definition) is 0. The number of anilines is 6. The van der Waals surface area contributed by atoms with E-state index in [0.29, 0.717) is 0 Å². The first-order valence-electron chi connectivity index (χ1n) is 29.4. The number of rotatable bonds is 10. The highest BCUT2D eigenvalue weighted by Gasteiger charge is 2.22. The van der Waals surface area contributed by atoms with Crippen molar-refractivity contribution in [1.82, 2.24) is 0 Å². The van der Waals surface area contributed by atoms with Crippen molar-refractivity contribution >= 4 is 121 Å². The Hall–Kier alpha value is -11.5. The molecular formula is C82H52N2O2. The van der Waals surface area contributed by atoms with Crippen LogP contribution >= 0.6 is 0 Å². The lowest BCUT2D eigenvalue weighted by Crippen LogP contribution is -2.10. The zero-order valence-electron chi connectivity index (χ0n) is 46.7. The van der Waals surface area contributed by atoms with Gasteiger partial charge < -0.3 is 18.6 Å². The Morgan fingerprint density at radius 3 is 1.23 bits per heavy atom. The monoisotopic (exact) mass is 1100 g/mol. The molecule has 4 heteroatoms. The van der Waals surface area contributed by atoms with Crippen molar-refractivity contribution in [2.45, 2.75) is 0 Å². The second-order valence-electron chi connectivity index (χ2n) is 22.3. The van der Waals surface area contributed by atoms with Crippen LogP contribution in [0.25, 0.3) is 131 Å². The maximum Gasteiger partial charge on any atom is 0.143 e. The third-order valence-corrected chi connectivity index (χ3v) is 17.4. The van der Waals surface area contributed by atoms with E-state index in [9.17, 15) is 0 Å². The Balaban J connectivity index is 0.764. The highest BCUT2D eigenvalue weighted by molar-refractivity contribution is 6.21. The maximum absolute atomic E-state index is 7.03. The number of benzene rings is 15. The van der Waals surface area contributed by atoms with Crippen LogP contribution in [0.4, 0.5) is 34.1 Å². The number of nitrogens with zero attached hydrogens (tertiary/aromatic N) is 2. The molecule has 17 rings (SSSR count). The lowest BCUT2D eigenvalue weighted by Gasteiger charge is -2.28.